The van der Waals surface area contributed by atoms with Gasteiger partial charge >= 0.3 is 0 Å². The van der Waals surface area contributed by atoms with Crippen molar-refractivity contribution >= 4 is 34.6 Å². The Balaban J connectivity index is 1.62. The fraction of sp³-hybridized carbons (Fsp3) is 0.450. The van der Waals surface area contributed by atoms with E-state index in [2.05, 4.69) is 15.1 Å². The van der Waals surface area contributed by atoms with Crippen LogP contribution in [0.5, 0.6) is 5.75 Å². The van der Waals surface area contributed by atoms with Crippen LogP contribution in [0, 0.1) is 0 Å². The molecular formula is C20H26ClN3O3S. The topological polar surface area (TPSA) is 50.1 Å². The highest BCUT2D eigenvalue weighted by Gasteiger charge is 2.16. The average molecular weight is 424 g/mol. The van der Waals surface area contributed by atoms with Gasteiger partial charge in [-0.15, -0.1) is 0 Å². The van der Waals surface area contributed by atoms with E-state index in [-0.39, 0.29) is 0 Å². The first-order valence-electron chi connectivity index (χ1n) is 9.37. The van der Waals surface area contributed by atoms with Crippen LogP contribution in [0.1, 0.15) is 12.2 Å². The summed E-state index contributed by atoms with van der Waals surface area (Å²) in [5, 5.41) is 4.53. The number of halogens is 1. The van der Waals surface area contributed by atoms with Crippen LogP contribution in [0.25, 0.3) is 0 Å². The molecule has 0 spiro atoms. The van der Waals surface area contributed by atoms with E-state index in [0.717, 1.165) is 57.3 Å². The molecule has 2 heterocycles. The molecule has 0 radical (unpaired) electrons. The molecule has 152 valence electrons. The third-order valence-electron chi connectivity index (χ3n) is 4.63. The van der Waals surface area contributed by atoms with Gasteiger partial charge in [-0.05, 0) is 42.9 Å². The van der Waals surface area contributed by atoms with Crippen molar-refractivity contribution in [2.45, 2.75) is 13.0 Å². The zero-order valence-corrected chi connectivity index (χ0v) is 17.6. The molecule has 3 rings (SSSR count). The molecule has 6 nitrogen and oxygen atoms in total. The molecule has 1 saturated heterocycles. The molecule has 1 aliphatic rings. The van der Waals surface area contributed by atoms with Crippen molar-refractivity contribution in [1.82, 2.24) is 9.80 Å². The number of morpholine rings is 1. The van der Waals surface area contributed by atoms with Crippen molar-refractivity contribution in [3.63, 3.8) is 0 Å². The SMILES string of the molecule is COc1cc(Cl)ccc1NC(=S)N(CCCN1CCOCC1)Cc1ccco1. The van der Waals surface area contributed by atoms with Crippen LogP contribution in [0.2, 0.25) is 5.02 Å². The van der Waals surface area contributed by atoms with Crippen LogP contribution in [0.3, 0.4) is 0 Å². The van der Waals surface area contributed by atoms with Crippen molar-refractivity contribution in [2.24, 2.45) is 0 Å². The van der Waals surface area contributed by atoms with E-state index in [1.165, 1.54) is 0 Å². The van der Waals surface area contributed by atoms with Gasteiger partial charge in [-0.3, -0.25) is 4.90 Å². The molecule has 0 unspecified atom stereocenters. The summed E-state index contributed by atoms with van der Waals surface area (Å²) in [5.41, 5.74) is 0.787. The van der Waals surface area contributed by atoms with Gasteiger partial charge in [0.15, 0.2) is 5.11 Å². The Morgan fingerprint density at radius 2 is 2.14 bits per heavy atom. The van der Waals surface area contributed by atoms with Crippen LogP contribution in [0.15, 0.2) is 41.0 Å². The molecule has 1 aromatic carbocycles. The van der Waals surface area contributed by atoms with Gasteiger partial charge in [0.05, 0.1) is 38.8 Å². The standard InChI is InChI=1S/C20H26ClN3O3S/c1-25-19-14-16(21)5-6-18(19)22-20(28)24(15-17-4-2-11-27-17)8-3-7-23-9-12-26-13-10-23/h2,4-6,11,14H,3,7-10,12-13,15H2,1H3,(H,22,28). The number of rotatable bonds is 8. The van der Waals surface area contributed by atoms with Gasteiger partial charge in [-0.2, -0.15) is 0 Å². The number of benzene rings is 1. The number of ether oxygens (including phenoxy) is 2. The normalized spacial score (nSPS) is 14.6. The minimum Gasteiger partial charge on any atom is -0.495 e. The number of hydrogen-bond donors (Lipinski definition) is 1. The second-order valence-electron chi connectivity index (χ2n) is 6.58. The molecule has 0 bridgehead atoms. The van der Waals surface area contributed by atoms with Crippen molar-refractivity contribution in [3.05, 3.63) is 47.4 Å². The Labute approximate surface area is 176 Å². The van der Waals surface area contributed by atoms with Gasteiger partial charge in [0.25, 0.3) is 0 Å². The Kier molecular flexibility index (Phi) is 7.97. The summed E-state index contributed by atoms with van der Waals surface area (Å²) in [6.07, 6.45) is 2.68. The Morgan fingerprint density at radius 3 is 2.86 bits per heavy atom. The molecule has 8 heteroatoms. The van der Waals surface area contributed by atoms with E-state index >= 15 is 0 Å². The number of nitrogens with zero attached hydrogens (tertiary/aromatic N) is 2. The monoisotopic (exact) mass is 423 g/mol. The molecule has 1 N–H and O–H groups in total. The van der Waals surface area contributed by atoms with Crippen LogP contribution in [0.4, 0.5) is 5.69 Å². The van der Waals surface area contributed by atoms with E-state index in [1.54, 1.807) is 19.4 Å². The number of anilines is 1. The summed E-state index contributed by atoms with van der Waals surface area (Å²) in [5.74, 6) is 1.53. The summed E-state index contributed by atoms with van der Waals surface area (Å²) in [7, 11) is 1.61. The Bertz CT molecular complexity index is 751. The van der Waals surface area contributed by atoms with Gasteiger partial charge in [0, 0.05) is 37.3 Å². The Morgan fingerprint density at radius 1 is 1.32 bits per heavy atom. The molecule has 0 amide bonds. The second-order valence-corrected chi connectivity index (χ2v) is 7.41. The van der Waals surface area contributed by atoms with E-state index < -0.39 is 0 Å². The first-order chi connectivity index (χ1) is 13.7. The largest absolute Gasteiger partial charge is 0.495 e. The zero-order chi connectivity index (χ0) is 19.8. The number of thiocarbonyl (C=S) groups is 1. The van der Waals surface area contributed by atoms with Gasteiger partial charge in [0.1, 0.15) is 11.5 Å². The summed E-state index contributed by atoms with van der Waals surface area (Å²) in [6, 6.07) is 9.29. The molecular weight excluding hydrogens is 398 g/mol. The van der Waals surface area contributed by atoms with E-state index in [1.807, 2.05) is 24.3 Å². The molecule has 1 fully saturated rings. The lowest BCUT2D eigenvalue weighted by molar-refractivity contribution is 0.0367. The van der Waals surface area contributed by atoms with E-state index in [0.29, 0.717) is 22.4 Å². The maximum Gasteiger partial charge on any atom is 0.173 e. The number of hydrogen-bond acceptors (Lipinski definition) is 5. The zero-order valence-electron chi connectivity index (χ0n) is 16.0. The van der Waals surface area contributed by atoms with Gasteiger partial charge in [0.2, 0.25) is 0 Å². The quantitative estimate of drug-likeness (QED) is 0.647. The number of methoxy groups -OCH3 is 1. The van der Waals surface area contributed by atoms with Gasteiger partial charge in [-0.25, -0.2) is 0 Å². The van der Waals surface area contributed by atoms with Crippen molar-refractivity contribution in [2.75, 3.05) is 51.8 Å². The minimum atomic E-state index is 0.609. The first-order valence-corrected chi connectivity index (χ1v) is 10.2. The average Bonchev–Trinajstić information content (AvgIpc) is 3.22. The van der Waals surface area contributed by atoms with E-state index in [4.69, 9.17) is 37.7 Å². The lowest BCUT2D eigenvalue weighted by Gasteiger charge is -2.29. The van der Waals surface area contributed by atoms with Crippen LogP contribution < -0.4 is 10.1 Å². The fourth-order valence-corrected chi connectivity index (χ4v) is 3.54. The lowest BCUT2D eigenvalue weighted by Crippen LogP contribution is -2.40. The first kappa shape index (κ1) is 20.9. The molecule has 28 heavy (non-hydrogen) atoms. The van der Waals surface area contributed by atoms with Crippen molar-refractivity contribution in [1.29, 1.82) is 0 Å². The molecule has 1 aromatic heterocycles. The van der Waals surface area contributed by atoms with E-state index in [9.17, 15) is 0 Å². The minimum absolute atomic E-state index is 0.609. The second kappa shape index (κ2) is 10.7. The smallest absolute Gasteiger partial charge is 0.173 e. The maximum absolute atomic E-state index is 6.05. The summed E-state index contributed by atoms with van der Waals surface area (Å²) >= 11 is 11.7. The summed E-state index contributed by atoms with van der Waals surface area (Å²) < 4.78 is 16.3. The molecule has 0 atom stereocenters. The van der Waals surface area contributed by atoms with Crippen LogP contribution in [-0.4, -0.2) is 61.4 Å². The fourth-order valence-electron chi connectivity index (χ4n) is 3.12. The predicted molar refractivity (Wildman–Crippen MR) is 115 cm³/mol. The third kappa shape index (κ3) is 6.10. The predicted octanol–water partition coefficient (Wildman–Crippen LogP) is 3.86. The third-order valence-corrected chi connectivity index (χ3v) is 5.22. The number of furan rings is 1. The molecule has 0 aliphatic carbocycles. The Hall–Kier alpha value is -1.80. The highest BCUT2D eigenvalue weighted by molar-refractivity contribution is 7.80. The van der Waals surface area contributed by atoms with Crippen LogP contribution >= 0.6 is 23.8 Å². The highest BCUT2D eigenvalue weighted by Crippen LogP contribution is 2.28. The summed E-state index contributed by atoms with van der Waals surface area (Å²) in [6.45, 7) is 6.05. The summed E-state index contributed by atoms with van der Waals surface area (Å²) in [4.78, 5) is 4.54. The molecule has 2 aromatic rings. The highest BCUT2D eigenvalue weighted by atomic mass is 35.5. The van der Waals surface area contributed by atoms with Gasteiger partial charge in [-0.1, -0.05) is 11.6 Å². The van der Waals surface area contributed by atoms with Gasteiger partial charge < -0.3 is 24.1 Å². The van der Waals surface area contributed by atoms with Crippen molar-refractivity contribution < 1.29 is 13.9 Å². The lowest BCUT2D eigenvalue weighted by atomic mass is 10.3. The van der Waals surface area contributed by atoms with Crippen LogP contribution in [-0.2, 0) is 11.3 Å². The molecule has 0 saturated carbocycles. The maximum atomic E-state index is 6.05. The number of nitrogens with one attached hydrogen (secondary N) is 1. The van der Waals surface area contributed by atoms with Crippen molar-refractivity contribution in [3.8, 4) is 5.75 Å². The molecule has 1 aliphatic heterocycles.